The second kappa shape index (κ2) is 3.94. The third-order valence-corrected chi connectivity index (χ3v) is 3.25. The Kier molecular flexibility index (Phi) is 2.83. The maximum absolute atomic E-state index is 5.86. The van der Waals surface area contributed by atoms with E-state index in [-0.39, 0.29) is 0 Å². The standard InChI is InChI=1S/C13H17Cl/c1-9(2)7-11-8-13(11)10-3-5-12(14)6-4-10/h3-6,9,11,13H,7-8H2,1-2H3. The fourth-order valence-corrected chi connectivity index (χ4v) is 2.36. The summed E-state index contributed by atoms with van der Waals surface area (Å²) in [5.74, 6) is 2.57. The van der Waals surface area contributed by atoms with E-state index in [1.165, 1.54) is 18.4 Å². The van der Waals surface area contributed by atoms with Crippen molar-refractivity contribution in [1.29, 1.82) is 0 Å². The van der Waals surface area contributed by atoms with Gasteiger partial charge >= 0.3 is 0 Å². The number of halogens is 1. The van der Waals surface area contributed by atoms with Crippen LogP contribution in [0.2, 0.25) is 5.02 Å². The largest absolute Gasteiger partial charge is 0.0843 e. The van der Waals surface area contributed by atoms with Crippen molar-refractivity contribution < 1.29 is 0 Å². The molecule has 1 aromatic carbocycles. The van der Waals surface area contributed by atoms with Crippen molar-refractivity contribution in [2.24, 2.45) is 11.8 Å². The molecule has 1 heteroatoms. The zero-order chi connectivity index (χ0) is 10.1. The van der Waals surface area contributed by atoms with E-state index in [1.54, 1.807) is 0 Å². The highest BCUT2D eigenvalue weighted by Crippen LogP contribution is 2.50. The average molecular weight is 209 g/mol. The molecule has 0 radical (unpaired) electrons. The maximum atomic E-state index is 5.86. The van der Waals surface area contributed by atoms with Gasteiger partial charge in [-0.3, -0.25) is 0 Å². The van der Waals surface area contributed by atoms with Crippen molar-refractivity contribution in [3.05, 3.63) is 34.9 Å². The van der Waals surface area contributed by atoms with Gasteiger partial charge in [0.2, 0.25) is 0 Å². The lowest BCUT2D eigenvalue weighted by Crippen LogP contribution is -1.90. The van der Waals surface area contributed by atoms with Crippen LogP contribution in [0.1, 0.15) is 38.2 Å². The summed E-state index contributed by atoms with van der Waals surface area (Å²) in [7, 11) is 0. The Morgan fingerprint density at radius 3 is 2.50 bits per heavy atom. The zero-order valence-electron chi connectivity index (χ0n) is 8.83. The van der Waals surface area contributed by atoms with Gasteiger partial charge in [0.1, 0.15) is 0 Å². The van der Waals surface area contributed by atoms with Crippen LogP contribution in [-0.2, 0) is 0 Å². The molecule has 1 aliphatic carbocycles. The first-order chi connectivity index (χ1) is 6.66. The third kappa shape index (κ3) is 2.30. The second-order valence-electron chi connectivity index (χ2n) is 4.78. The monoisotopic (exact) mass is 208 g/mol. The Balaban J connectivity index is 1.96. The van der Waals surface area contributed by atoms with E-state index in [9.17, 15) is 0 Å². The molecule has 0 spiro atoms. The van der Waals surface area contributed by atoms with Crippen LogP contribution in [0.5, 0.6) is 0 Å². The first kappa shape index (κ1) is 10.0. The van der Waals surface area contributed by atoms with E-state index >= 15 is 0 Å². The normalized spacial score (nSPS) is 25.4. The predicted molar refractivity (Wildman–Crippen MR) is 61.8 cm³/mol. The zero-order valence-corrected chi connectivity index (χ0v) is 9.59. The van der Waals surface area contributed by atoms with Crippen LogP contribution in [0.25, 0.3) is 0 Å². The van der Waals surface area contributed by atoms with Crippen molar-refractivity contribution in [2.45, 2.75) is 32.6 Å². The number of hydrogen-bond donors (Lipinski definition) is 0. The topological polar surface area (TPSA) is 0 Å². The highest BCUT2D eigenvalue weighted by atomic mass is 35.5. The molecule has 2 unspecified atom stereocenters. The fraction of sp³-hybridized carbons (Fsp3) is 0.538. The van der Waals surface area contributed by atoms with Gasteiger partial charge in [0.05, 0.1) is 0 Å². The maximum Gasteiger partial charge on any atom is 0.0406 e. The molecule has 0 aliphatic heterocycles. The molecule has 0 heterocycles. The number of rotatable bonds is 3. The van der Waals surface area contributed by atoms with E-state index in [0.29, 0.717) is 0 Å². The third-order valence-electron chi connectivity index (χ3n) is 2.99. The molecule has 1 aliphatic rings. The van der Waals surface area contributed by atoms with Crippen molar-refractivity contribution in [3.63, 3.8) is 0 Å². The molecule has 14 heavy (non-hydrogen) atoms. The molecule has 0 aromatic heterocycles. The van der Waals surface area contributed by atoms with Gasteiger partial charge in [-0.25, -0.2) is 0 Å². The Hall–Kier alpha value is -0.490. The smallest absolute Gasteiger partial charge is 0.0406 e. The average Bonchev–Trinajstić information content (AvgIpc) is 2.84. The Labute approximate surface area is 91.3 Å². The summed E-state index contributed by atoms with van der Waals surface area (Å²) in [5, 5.41) is 0.842. The molecule has 2 atom stereocenters. The molecule has 0 N–H and O–H groups in total. The van der Waals surface area contributed by atoms with Gasteiger partial charge in [0.25, 0.3) is 0 Å². The van der Waals surface area contributed by atoms with Crippen LogP contribution in [0, 0.1) is 11.8 Å². The molecule has 76 valence electrons. The van der Waals surface area contributed by atoms with Crippen molar-refractivity contribution in [2.75, 3.05) is 0 Å². The minimum atomic E-state index is 0.815. The lowest BCUT2D eigenvalue weighted by molar-refractivity contribution is 0.532. The first-order valence-electron chi connectivity index (χ1n) is 5.42. The highest BCUT2D eigenvalue weighted by molar-refractivity contribution is 6.30. The Bertz CT molecular complexity index is 300. The van der Waals surface area contributed by atoms with Gasteiger partial charge in [-0.1, -0.05) is 37.6 Å². The molecule has 0 bridgehead atoms. The van der Waals surface area contributed by atoms with Gasteiger partial charge in [-0.2, -0.15) is 0 Å². The lowest BCUT2D eigenvalue weighted by atomic mass is 10.0. The van der Waals surface area contributed by atoms with Crippen LogP contribution in [0.3, 0.4) is 0 Å². The van der Waals surface area contributed by atoms with Crippen LogP contribution in [0.4, 0.5) is 0 Å². The van der Waals surface area contributed by atoms with Gasteiger partial charge in [0, 0.05) is 5.02 Å². The Morgan fingerprint density at radius 1 is 1.29 bits per heavy atom. The first-order valence-corrected chi connectivity index (χ1v) is 5.80. The lowest BCUT2D eigenvalue weighted by Gasteiger charge is -2.03. The predicted octanol–water partition coefficient (Wildman–Crippen LogP) is 4.49. The van der Waals surface area contributed by atoms with E-state index < -0.39 is 0 Å². The summed E-state index contributed by atoms with van der Waals surface area (Å²) < 4.78 is 0. The summed E-state index contributed by atoms with van der Waals surface area (Å²) in [6.45, 7) is 4.61. The van der Waals surface area contributed by atoms with Crippen LogP contribution < -0.4 is 0 Å². The molecular weight excluding hydrogens is 192 g/mol. The molecule has 0 nitrogen and oxygen atoms in total. The Morgan fingerprint density at radius 2 is 1.93 bits per heavy atom. The van der Waals surface area contributed by atoms with Crippen LogP contribution >= 0.6 is 11.6 Å². The molecule has 1 fully saturated rings. The number of benzene rings is 1. The minimum Gasteiger partial charge on any atom is -0.0843 e. The fourth-order valence-electron chi connectivity index (χ4n) is 2.23. The summed E-state index contributed by atoms with van der Waals surface area (Å²) in [5.41, 5.74) is 1.47. The highest BCUT2D eigenvalue weighted by Gasteiger charge is 2.37. The van der Waals surface area contributed by atoms with Crippen molar-refractivity contribution >= 4 is 11.6 Å². The summed E-state index contributed by atoms with van der Waals surface area (Å²) in [4.78, 5) is 0. The van der Waals surface area contributed by atoms with Gasteiger partial charge in [-0.05, 0) is 48.3 Å². The SMILES string of the molecule is CC(C)CC1CC1c1ccc(Cl)cc1. The molecule has 0 saturated heterocycles. The van der Waals surface area contributed by atoms with Gasteiger partial charge in [-0.15, -0.1) is 0 Å². The molecule has 1 aromatic rings. The van der Waals surface area contributed by atoms with E-state index in [2.05, 4.69) is 26.0 Å². The summed E-state index contributed by atoms with van der Waals surface area (Å²) >= 11 is 5.86. The molecule has 0 amide bonds. The van der Waals surface area contributed by atoms with Gasteiger partial charge < -0.3 is 0 Å². The van der Waals surface area contributed by atoms with E-state index in [4.69, 9.17) is 11.6 Å². The van der Waals surface area contributed by atoms with Crippen molar-refractivity contribution in [1.82, 2.24) is 0 Å². The second-order valence-corrected chi connectivity index (χ2v) is 5.22. The van der Waals surface area contributed by atoms with Crippen LogP contribution in [-0.4, -0.2) is 0 Å². The summed E-state index contributed by atoms with van der Waals surface area (Å²) in [6, 6.07) is 8.35. The minimum absolute atomic E-state index is 0.815. The van der Waals surface area contributed by atoms with E-state index in [0.717, 1.165) is 22.8 Å². The summed E-state index contributed by atoms with van der Waals surface area (Å²) in [6.07, 6.45) is 2.74. The quantitative estimate of drug-likeness (QED) is 0.687. The molecule has 2 rings (SSSR count). The van der Waals surface area contributed by atoms with E-state index in [1.807, 2.05) is 12.1 Å². The van der Waals surface area contributed by atoms with Crippen molar-refractivity contribution in [3.8, 4) is 0 Å². The molecule has 1 saturated carbocycles. The molecular formula is C13H17Cl. The number of hydrogen-bond acceptors (Lipinski definition) is 0. The van der Waals surface area contributed by atoms with Gasteiger partial charge in [0.15, 0.2) is 0 Å². The van der Waals surface area contributed by atoms with Crippen LogP contribution in [0.15, 0.2) is 24.3 Å².